The van der Waals surface area contributed by atoms with E-state index in [1.165, 1.54) is 7.11 Å². The van der Waals surface area contributed by atoms with Crippen molar-refractivity contribution in [2.45, 2.75) is 50.4 Å². The lowest BCUT2D eigenvalue weighted by Gasteiger charge is -2.38. The zero-order valence-electron chi connectivity index (χ0n) is 12.6. The smallest absolute Gasteiger partial charge is 0.307 e. The Kier molecular flexibility index (Phi) is 6.22. The molecule has 2 rings (SSSR count). The number of rotatable bonds is 6. The number of aliphatic hydroxyl groups is 1. The molecule has 3 atom stereocenters. The first-order valence-electron chi connectivity index (χ1n) is 7.44. The normalized spacial score (nSPS) is 29.5. The van der Waals surface area contributed by atoms with Crippen LogP contribution in [0.15, 0.2) is 10.2 Å². The minimum absolute atomic E-state index is 0.0734. The first-order valence-corrected chi connectivity index (χ1v) is 8.69. The Balaban J connectivity index is 1.82. The van der Waals surface area contributed by atoms with E-state index >= 15 is 0 Å². The van der Waals surface area contributed by atoms with Gasteiger partial charge in [-0.15, -0.1) is 0 Å². The van der Waals surface area contributed by atoms with Crippen molar-refractivity contribution in [3.63, 3.8) is 0 Å². The monoisotopic (exact) mass is 423 g/mol. The molecule has 1 saturated carbocycles. The molecule has 2 aliphatic rings. The van der Waals surface area contributed by atoms with E-state index in [4.69, 9.17) is 4.74 Å². The molecule has 0 aromatic carbocycles. The molecule has 0 unspecified atom stereocenters. The van der Waals surface area contributed by atoms with Crippen LogP contribution in [0.5, 0.6) is 0 Å². The summed E-state index contributed by atoms with van der Waals surface area (Å²) in [6.07, 6.45) is 3.92. The number of methoxy groups -OCH3 is 1. The maximum atomic E-state index is 11.9. The predicted molar refractivity (Wildman–Crippen MR) is 88.4 cm³/mol. The van der Waals surface area contributed by atoms with Crippen molar-refractivity contribution in [2.24, 2.45) is 5.41 Å². The van der Waals surface area contributed by atoms with Gasteiger partial charge < -0.3 is 19.9 Å². The highest BCUT2D eigenvalue weighted by Gasteiger charge is 2.55. The van der Waals surface area contributed by atoms with Crippen LogP contribution in [0, 0.1) is 5.41 Å². The Bertz CT molecular complexity index is 449. The van der Waals surface area contributed by atoms with Crippen LogP contribution in [0.1, 0.15) is 32.1 Å². The summed E-state index contributed by atoms with van der Waals surface area (Å²) in [6, 6.07) is 0. The average Bonchev–Trinajstić information content (AvgIpc) is 3.24. The van der Waals surface area contributed by atoms with Gasteiger partial charge >= 0.3 is 5.97 Å². The van der Waals surface area contributed by atoms with Gasteiger partial charge in [-0.05, 0) is 29.4 Å². The molecule has 1 heterocycles. The Hall–Kier alpha value is -0.670. The third-order valence-electron chi connectivity index (χ3n) is 4.37. The number of carbonyl (C=O) groups excluding carboxylic acids is 2. The van der Waals surface area contributed by atoms with Crippen LogP contribution in [-0.4, -0.2) is 48.9 Å². The fourth-order valence-corrected chi connectivity index (χ4v) is 3.36. The molecule has 1 spiro atoms. The Morgan fingerprint density at radius 2 is 2.23 bits per heavy atom. The lowest BCUT2D eigenvalue weighted by Crippen LogP contribution is -2.46. The van der Waals surface area contributed by atoms with E-state index in [2.05, 4.69) is 32.6 Å². The lowest BCUT2D eigenvalue weighted by molar-refractivity contribution is -0.146. The van der Waals surface area contributed by atoms with Crippen LogP contribution >= 0.6 is 22.6 Å². The highest BCUT2D eigenvalue weighted by atomic mass is 127. The van der Waals surface area contributed by atoms with Gasteiger partial charge in [0.05, 0.1) is 32.2 Å². The van der Waals surface area contributed by atoms with Gasteiger partial charge in [-0.1, -0.05) is 22.6 Å². The van der Waals surface area contributed by atoms with Crippen molar-refractivity contribution in [3.05, 3.63) is 10.2 Å². The van der Waals surface area contributed by atoms with Gasteiger partial charge in [0.2, 0.25) is 5.91 Å². The molecule has 0 aromatic heterocycles. The standard InChI is InChI=1S/C15H22INO5/c1-21-13(19)3-7-17-12(18)8-10-9-15(4-5-15)14(20)11(22-10)2-6-16/h2,6,10-11,14,20H,3-5,7-9H2,1H3,(H,17,18)/b6-2+/t10-,11-,14-/m1/s1. The first-order chi connectivity index (χ1) is 10.5. The molecule has 1 amide bonds. The van der Waals surface area contributed by atoms with Gasteiger partial charge in [0, 0.05) is 12.0 Å². The van der Waals surface area contributed by atoms with Crippen LogP contribution in [-0.2, 0) is 19.1 Å². The van der Waals surface area contributed by atoms with Crippen molar-refractivity contribution >= 4 is 34.5 Å². The van der Waals surface area contributed by atoms with Crippen LogP contribution in [0.4, 0.5) is 0 Å². The van der Waals surface area contributed by atoms with Gasteiger partial charge in [0.15, 0.2) is 0 Å². The summed E-state index contributed by atoms with van der Waals surface area (Å²) in [5.41, 5.74) is -0.0734. The second-order valence-corrected chi connectivity index (χ2v) is 6.65. The number of halogens is 1. The summed E-state index contributed by atoms with van der Waals surface area (Å²) < 4.78 is 12.2. The van der Waals surface area contributed by atoms with E-state index < -0.39 is 6.10 Å². The molecule has 1 aliphatic heterocycles. The largest absolute Gasteiger partial charge is 0.469 e. The Labute approximate surface area is 143 Å². The van der Waals surface area contributed by atoms with Crippen LogP contribution in [0.3, 0.4) is 0 Å². The van der Waals surface area contributed by atoms with E-state index in [0.717, 1.165) is 12.8 Å². The molecule has 2 N–H and O–H groups in total. The van der Waals surface area contributed by atoms with Gasteiger partial charge in [-0.2, -0.15) is 0 Å². The maximum absolute atomic E-state index is 11.9. The van der Waals surface area contributed by atoms with Gasteiger partial charge in [0.1, 0.15) is 6.10 Å². The number of esters is 1. The van der Waals surface area contributed by atoms with E-state index in [9.17, 15) is 14.7 Å². The molecule has 2 fully saturated rings. The average molecular weight is 423 g/mol. The van der Waals surface area contributed by atoms with Crippen molar-refractivity contribution in [1.29, 1.82) is 0 Å². The molecule has 6 nitrogen and oxygen atoms in total. The summed E-state index contributed by atoms with van der Waals surface area (Å²) in [5, 5.41) is 13.0. The number of ether oxygens (including phenoxy) is 2. The van der Waals surface area contributed by atoms with E-state index in [1.54, 1.807) is 0 Å². The predicted octanol–water partition coefficient (Wildman–Crippen LogP) is 1.30. The van der Waals surface area contributed by atoms with Crippen molar-refractivity contribution in [3.8, 4) is 0 Å². The maximum Gasteiger partial charge on any atom is 0.307 e. The number of hydrogen-bond donors (Lipinski definition) is 2. The molecule has 0 radical (unpaired) electrons. The summed E-state index contributed by atoms with van der Waals surface area (Å²) >= 11 is 2.10. The number of carbonyl (C=O) groups is 2. The summed E-state index contributed by atoms with van der Waals surface area (Å²) in [6.45, 7) is 0.267. The zero-order chi connectivity index (χ0) is 16.2. The SMILES string of the molecule is COC(=O)CCNC(=O)C[C@@H]1CC2(CC2)[C@H](O)[C@@H](/C=C/I)O1. The summed E-state index contributed by atoms with van der Waals surface area (Å²) in [5.74, 6) is -0.486. The lowest BCUT2D eigenvalue weighted by atomic mass is 9.84. The topological polar surface area (TPSA) is 84.9 Å². The first kappa shape index (κ1) is 17.7. The quantitative estimate of drug-likeness (QED) is 0.497. The van der Waals surface area contributed by atoms with E-state index in [0.29, 0.717) is 6.42 Å². The molecule has 0 bridgehead atoms. The summed E-state index contributed by atoms with van der Waals surface area (Å²) in [7, 11) is 1.32. The zero-order valence-corrected chi connectivity index (χ0v) is 14.7. The second-order valence-electron chi connectivity index (χ2n) is 5.93. The number of aliphatic hydroxyl groups excluding tert-OH is 1. The molecular formula is C15H22INO5. The molecule has 1 aliphatic carbocycles. The minimum atomic E-state index is -0.489. The van der Waals surface area contributed by atoms with Crippen molar-refractivity contribution in [1.82, 2.24) is 5.32 Å². The fourth-order valence-electron chi connectivity index (χ4n) is 2.96. The third-order valence-corrected chi connectivity index (χ3v) is 4.78. The third kappa shape index (κ3) is 4.42. The minimum Gasteiger partial charge on any atom is -0.469 e. The molecule has 7 heteroatoms. The van der Waals surface area contributed by atoms with Gasteiger partial charge in [-0.25, -0.2) is 0 Å². The van der Waals surface area contributed by atoms with Gasteiger partial charge in [-0.3, -0.25) is 9.59 Å². The number of hydrogen-bond acceptors (Lipinski definition) is 5. The van der Waals surface area contributed by atoms with E-state index in [-0.39, 0.29) is 48.9 Å². The Morgan fingerprint density at radius 1 is 1.50 bits per heavy atom. The molecule has 1 saturated heterocycles. The molecule has 22 heavy (non-hydrogen) atoms. The van der Waals surface area contributed by atoms with Crippen LogP contribution in [0.2, 0.25) is 0 Å². The molecule has 124 valence electrons. The van der Waals surface area contributed by atoms with Crippen LogP contribution < -0.4 is 5.32 Å². The highest BCUT2D eigenvalue weighted by molar-refractivity contribution is 14.1. The van der Waals surface area contributed by atoms with Crippen molar-refractivity contribution < 1.29 is 24.2 Å². The molecule has 0 aromatic rings. The number of amides is 1. The van der Waals surface area contributed by atoms with E-state index in [1.807, 2.05) is 10.2 Å². The van der Waals surface area contributed by atoms with Crippen molar-refractivity contribution in [2.75, 3.05) is 13.7 Å². The Morgan fingerprint density at radius 3 is 2.82 bits per heavy atom. The highest BCUT2D eigenvalue weighted by Crippen LogP contribution is 2.56. The molecular weight excluding hydrogens is 401 g/mol. The fraction of sp³-hybridized carbons (Fsp3) is 0.733. The van der Waals surface area contributed by atoms with Gasteiger partial charge in [0.25, 0.3) is 0 Å². The second kappa shape index (κ2) is 7.74. The summed E-state index contributed by atoms with van der Waals surface area (Å²) in [4.78, 5) is 22.9. The number of nitrogens with one attached hydrogen (secondary N) is 1. The van der Waals surface area contributed by atoms with Crippen LogP contribution in [0.25, 0.3) is 0 Å².